The van der Waals surface area contributed by atoms with Crippen LogP contribution in [-0.2, 0) is 9.59 Å². The molecule has 0 saturated carbocycles. The number of ether oxygens (including phenoxy) is 1. The minimum absolute atomic E-state index is 0.0433. The molecule has 1 aliphatic rings. The second kappa shape index (κ2) is 6.60. The molecule has 2 aromatic carbocycles. The number of para-hydroxylation sites is 2. The molecule has 0 radical (unpaired) electrons. The summed E-state index contributed by atoms with van der Waals surface area (Å²) in [5.74, 6) is -0.427. The van der Waals surface area contributed by atoms with E-state index in [1.54, 1.807) is 42.2 Å². The zero-order chi connectivity index (χ0) is 18.0. The van der Waals surface area contributed by atoms with Crippen LogP contribution in [0.3, 0.4) is 0 Å². The number of carbonyl (C=O) groups is 2. The van der Waals surface area contributed by atoms with E-state index in [0.717, 1.165) is 0 Å². The van der Waals surface area contributed by atoms with Crippen LogP contribution in [0.2, 0.25) is 0 Å². The zero-order valence-electron chi connectivity index (χ0n) is 13.4. The maximum atomic E-state index is 12.4. The van der Waals surface area contributed by atoms with E-state index in [-0.39, 0.29) is 24.7 Å². The molecule has 0 atom stereocenters. The van der Waals surface area contributed by atoms with Gasteiger partial charge in [0.15, 0.2) is 5.75 Å². The number of amides is 1. The first-order valence-corrected chi connectivity index (χ1v) is 7.53. The average molecular weight is 341 g/mol. The number of anilines is 2. The fourth-order valence-electron chi connectivity index (χ4n) is 2.56. The van der Waals surface area contributed by atoms with Crippen molar-refractivity contribution >= 4 is 28.9 Å². The van der Waals surface area contributed by atoms with Gasteiger partial charge in [0.1, 0.15) is 6.54 Å². The highest BCUT2D eigenvalue weighted by Crippen LogP contribution is 2.31. The van der Waals surface area contributed by atoms with Crippen molar-refractivity contribution in [1.82, 2.24) is 0 Å². The molecule has 1 aliphatic heterocycles. The van der Waals surface area contributed by atoms with Gasteiger partial charge in [-0.05, 0) is 24.6 Å². The molecule has 1 N–H and O–H groups in total. The molecule has 8 nitrogen and oxygen atoms in total. The van der Waals surface area contributed by atoms with Crippen LogP contribution >= 0.6 is 0 Å². The summed E-state index contributed by atoms with van der Waals surface area (Å²) in [4.78, 5) is 36.0. The molecule has 0 unspecified atom stereocenters. The van der Waals surface area contributed by atoms with Crippen LogP contribution in [0.15, 0.2) is 42.5 Å². The van der Waals surface area contributed by atoms with Crippen molar-refractivity contribution in [2.24, 2.45) is 0 Å². The van der Waals surface area contributed by atoms with Gasteiger partial charge in [0.25, 0.3) is 5.69 Å². The monoisotopic (exact) mass is 341 g/mol. The van der Waals surface area contributed by atoms with Crippen LogP contribution < -0.4 is 15.0 Å². The predicted octanol–water partition coefficient (Wildman–Crippen LogP) is 2.27. The SMILES string of the molecule is Cc1ccc([N+](=O)[O-])cc1NC(=O)CN1CC(=O)Oc2ccccc21. The second-order valence-electron chi connectivity index (χ2n) is 5.60. The van der Waals surface area contributed by atoms with Gasteiger partial charge in [0.2, 0.25) is 5.91 Å². The van der Waals surface area contributed by atoms with E-state index in [4.69, 9.17) is 4.74 Å². The Hall–Kier alpha value is -3.42. The summed E-state index contributed by atoms with van der Waals surface area (Å²) < 4.78 is 5.14. The molecule has 128 valence electrons. The molecule has 2 aromatic rings. The van der Waals surface area contributed by atoms with Gasteiger partial charge in [-0.2, -0.15) is 0 Å². The molecule has 1 amide bonds. The fourth-order valence-corrected chi connectivity index (χ4v) is 2.56. The predicted molar refractivity (Wildman–Crippen MR) is 90.8 cm³/mol. The number of benzene rings is 2. The lowest BCUT2D eigenvalue weighted by Crippen LogP contribution is -2.41. The van der Waals surface area contributed by atoms with Crippen molar-refractivity contribution in [3.8, 4) is 5.75 Å². The molecule has 3 rings (SSSR count). The number of nitro groups is 1. The van der Waals surface area contributed by atoms with Crippen LogP contribution in [0.4, 0.5) is 17.1 Å². The molecule has 25 heavy (non-hydrogen) atoms. The van der Waals surface area contributed by atoms with E-state index < -0.39 is 10.9 Å². The summed E-state index contributed by atoms with van der Waals surface area (Å²) in [6, 6.07) is 11.2. The van der Waals surface area contributed by atoms with E-state index in [0.29, 0.717) is 22.7 Å². The first-order chi connectivity index (χ1) is 11.9. The number of esters is 1. The molecular weight excluding hydrogens is 326 g/mol. The number of nitrogens with zero attached hydrogens (tertiary/aromatic N) is 2. The molecule has 1 heterocycles. The lowest BCUT2D eigenvalue weighted by atomic mass is 10.1. The van der Waals surface area contributed by atoms with Crippen LogP contribution in [0.5, 0.6) is 5.75 Å². The number of fused-ring (bicyclic) bond motifs is 1. The van der Waals surface area contributed by atoms with E-state index in [1.165, 1.54) is 12.1 Å². The van der Waals surface area contributed by atoms with Crippen molar-refractivity contribution in [2.75, 3.05) is 23.3 Å². The summed E-state index contributed by atoms with van der Waals surface area (Å²) in [7, 11) is 0. The van der Waals surface area contributed by atoms with Crippen LogP contribution in [0.25, 0.3) is 0 Å². The van der Waals surface area contributed by atoms with Gasteiger partial charge in [-0.1, -0.05) is 18.2 Å². The first-order valence-electron chi connectivity index (χ1n) is 7.53. The van der Waals surface area contributed by atoms with Crippen LogP contribution in [0.1, 0.15) is 5.56 Å². The summed E-state index contributed by atoms with van der Waals surface area (Å²) in [6.45, 7) is 1.62. The number of carbonyl (C=O) groups excluding carboxylic acids is 2. The Morgan fingerprint density at radius 1 is 1.32 bits per heavy atom. The summed E-state index contributed by atoms with van der Waals surface area (Å²) in [6.07, 6.45) is 0. The Morgan fingerprint density at radius 2 is 2.08 bits per heavy atom. The highest BCUT2D eigenvalue weighted by molar-refractivity contribution is 5.97. The van der Waals surface area contributed by atoms with Crippen molar-refractivity contribution in [2.45, 2.75) is 6.92 Å². The highest BCUT2D eigenvalue weighted by Gasteiger charge is 2.25. The van der Waals surface area contributed by atoms with Gasteiger partial charge in [-0.15, -0.1) is 0 Å². The molecule has 0 saturated heterocycles. The van der Waals surface area contributed by atoms with E-state index >= 15 is 0 Å². The number of nitro benzene ring substituents is 1. The third-order valence-electron chi connectivity index (χ3n) is 3.79. The second-order valence-corrected chi connectivity index (χ2v) is 5.60. The number of non-ortho nitro benzene ring substituents is 1. The normalized spacial score (nSPS) is 13.0. The van der Waals surface area contributed by atoms with E-state index in [1.807, 2.05) is 0 Å². The smallest absolute Gasteiger partial charge is 0.331 e. The maximum absolute atomic E-state index is 12.4. The van der Waals surface area contributed by atoms with Gasteiger partial charge >= 0.3 is 5.97 Å². The highest BCUT2D eigenvalue weighted by atomic mass is 16.6. The van der Waals surface area contributed by atoms with Crippen LogP contribution in [0, 0.1) is 17.0 Å². The Labute approximate surface area is 143 Å². The zero-order valence-corrected chi connectivity index (χ0v) is 13.4. The topological polar surface area (TPSA) is 102 Å². The largest absolute Gasteiger partial charge is 0.423 e. The Balaban J connectivity index is 1.77. The molecule has 0 aliphatic carbocycles. The van der Waals surface area contributed by atoms with Crippen molar-refractivity contribution in [1.29, 1.82) is 0 Å². The van der Waals surface area contributed by atoms with E-state index in [9.17, 15) is 19.7 Å². The fraction of sp³-hybridized carbons (Fsp3) is 0.176. The van der Waals surface area contributed by atoms with E-state index in [2.05, 4.69) is 5.32 Å². The Kier molecular flexibility index (Phi) is 4.34. The van der Waals surface area contributed by atoms with Gasteiger partial charge in [0.05, 0.1) is 22.8 Å². The summed E-state index contributed by atoms with van der Waals surface area (Å²) >= 11 is 0. The van der Waals surface area contributed by atoms with Gasteiger partial charge in [0, 0.05) is 12.1 Å². The van der Waals surface area contributed by atoms with Crippen molar-refractivity contribution < 1.29 is 19.2 Å². The Morgan fingerprint density at radius 3 is 2.84 bits per heavy atom. The molecule has 8 heteroatoms. The van der Waals surface area contributed by atoms with Gasteiger partial charge in [-0.25, -0.2) is 4.79 Å². The van der Waals surface area contributed by atoms with Gasteiger partial charge in [-0.3, -0.25) is 14.9 Å². The van der Waals surface area contributed by atoms with Crippen LogP contribution in [-0.4, -0.2) is 29.9 Å². The lowest BCUT2D eigenvalue weighted by Gasteiger charge is -2.29. The third-order valence-corrected chi connectivity index (χ3v) is 3.79. The number of hydrogen-bond donors (Lipinski definition) is 1. The lowest BCUT2D eigenvalue weighted by molar-refractivity contribution is -0.384. The van der Waals surface area contributed by atoms with Gasteiger partial charge < -0.3 is 15.0 Å². The van der Waals surface area contributed by atoms with Crippen molar-refractivity contribution in [3.63, 3.8) is 0 Å². The molecule has 0 bridgehead atoms. The standard InChI is InChI=1S/C17H15N3O5/c1-11-6-7-12(20(23)24)8-13(11)18-16(21)9-19-10-17(22)25-15-5-3-2-4-14(15)19/h2-8H,9-10H2,1H3,(H,18,21). The number of rotatable bonds is 4. The molecule has 0 spiro atoms. The quantitative estimate of drug-likeness (QED) is 0.396. The third kappa shape index (κ3) is 3.57. The molecule has 0 fully saturated rings. The number of nitrogens with one attached hydrogen (secondary N) is 1. The Bertz CT molecular complexity index is 865. The summed E-state index contributed by atoms with van der Waals surface area (Å²) in [5.41, 5.74) is 1.62. The minimum atomic E-state index is -0.522. The van der Waals surface area contributed by atoms with Crippen molar-refractivity contribution in [3.05, 3.63) is 58.1 Å². The number of hydrogen-bond acceptors (Lipinski definition) is 6. The average Bonchev–Trinajstić information content (AvgIpc) is 2.56. The molecule has 0 aromatic heterocycles. The first kappa shape index (κ1) is 16.4. The maximum Gasteiger partial charge on any atom is 0.331 e. The molecular formula is C17H15N3O5. The minimum Gasteiger partial charge on any atom is -0.423 e. The number of aryl methyl sites for hydroxylation is 1. The summed E-state index contributed by atoms with van der Waals surface area (Å²) in [5, 5.41) is 13.5.